The van der Waals surface area contributed by atoms with Crippen molar-refractivity contribution in [3.8, 4) is 5.75 Å². The lowest BCUT2D eigenvalue weighted by molar-refractivity contribution is -0.384. The topological polar surface area (TPSA) is 52.4 Å². The maximum absolute atomic E-state index is 10.7. The Morgan fingerprint density at radius 3 is 2.57 bits per heavy atom. The number of alkyl halides is 1. The minimum absolute atomic E-state index is 0.0245. The molecule has 0 heterocycles. The molecule has 1 aromatic rings. The molecule has 2 fully saturated rings. The maximum atomic E-state index is 10.7. The summed E-state index contributed by atoms with van der Waals surface area (Å²) < 4.78 is 6.04. The Balaban J connectivity index is 1.76. The van der Waals surface area contributed by atoms with Crippen LogP contribution in [0.2, 0.25) is 5.02 Å². The van der Waals surface area contributed by atoms with Gasteiger partial charge in [0.2, 0.25) is 0 Å². The van der Waals surface area contributed by atoms with Gasteiger partial charge in [0.15, 0.2) is 0 Å². The van der Waals surface area contributed by atoms with Crippen LogP contribution in [0, 0.1) is 15.5 Å². The van der Waals surface area contributed by atoms with Crippen molar-refractivity contribution in [3.63, 3.8) is 0 Å². The Bertz CT molecular complexity index is 558. The minimum Gasteiger partial charge on any atom is -0.488 e. The van der Waals surface area contributed by atoms with Crippen LogP contribution in [0.15, 0.2) is 18.2 Å². The van der Waals surface area contributed by atoms with Crippen molar-refractivity contribution in [2.24, 2.45) is 5.41 Å². The summed E-state index contributed by atoms with van der Waals surface area (Å²) in [4.78, 5) is 10.3. The molecule has 2 aliphatic rings. The third-order valence-corrected chi connectivity index (χ3v) is 5.77. The van der Waals surface area contributed by atoms with E-state index in [1.807, 2.05) is 0 Å². The monoisotopic (exact) mass is 329 g/mol. The van der Waals surface area contributed by atoms with Gasteiger partial charge in [-0.25, -0.2) is 0 Å². The summed E-state index contributed by atoms with van der Waals surface area (Å²) >= 11 is 12.5. The Morgan fingerprint density at radius 2 is 2.00 bits per heavy atom. The van der Waals surface area contributed by atoms with E-state index in [4.69, 9.17) is 27.9 Å². The number of ether oxygens (including phenoxy) is 1. The first-order valence-electron chi connectivity index (χ1n) is 7.27. The molecule has 0 N–H and O–H groups in total. The standard InChI is InChI=1S/C15H17Cl2NO3/c16-11-8-10(18(19)20)4-5-12(11)21-14-9-13(17)15(14)6-2-1-3-7-15/h4-5,8,13-14H,1-3,6-7,9H2. The molecule has 0 aliphatic heterocycles. The molecule has 0 amide bonds. The molecule has 3 rings (SSSR count). The van der Waals surface area contributed by atoms with Crippen LogP contribution in [0.4, 0.5) is 5.69 Å². The van der Waals surface area contributed by atoms with Crippen molar-refractivity contribution < 1.29 is 9.66 Å². The first kappa shape index (κ1) is 14.9. The van der Waals surface area contributed by atoms with Crippen molar-refractivity contribution in [1.29, 1.82) is 0 Å². The van der Waals surface area contributed by atoms with Crippen LogP contribution in [-0.2, 0) is 0 Å². The van der Waals surface area contributed by atoms with E-state index in [1.165, 1.54) is 31.4 Å². The van der Waals surface area contributed by atoms with Crippen LogP contribution < -0.4 is 4.74 Å². The molecule has 2 unspecified atom stereocenters. The molecule has 4 nitrogen and oxygen atoms in total. The van der Waals surface area contributed by atoms with Crippen LogP contribution in [0.25, 0.3) is 0 Å². The summed E-state index contributed by atoms with van der Waals surface area (Å²) in [5.41, 5.74) is 0.0359. The second-order valence-corrected chi connectivity index (χ2v) is 6.91. The van der Waals surface area contributed by atoms with Gasteiger partial charge in [-0.05, 0) is 18.9 Å². The van der Waals surface area contributed by atoms with Crippen LogP contribution >= 0.6 is 23.2 Å². The zero-order valence-electron chi connectivity index (χ0n) is 11.6. The maximum Gasteiger partial charge on any atom is 0.271 e. The van der Waals surface area contributed by atoms with Gasteiger partial charge in [-0.3, -0.25) is 10.1 Å². The number of hydrogen-bond acceptors (Lipinski definition) is 3. The van der Waals surface area contributed by atoms with Crippen molar-refractivity contribution in [2.45, 2.75) is 50.0 Å². The number of halogens is 2. The van der Waals surface area contributed by atoms with E-state index < -0.39 is 4.92 Å². The van der Waals surface area contributed by atoms with Crippen LogP contribution in [0.1, 0.15) is 38.5 Å². The molecule has 114 valence electrons. The number of nitro benzene ring substituents is 1. The number of rotatable bonds is 3. The molecule has 6 heteroatoms. The fourth-order valence-electron chi connectivity index (χ4n) is 3.56. The molecular formula is C15H17Cl2NO3. The molecular weight excluding hydrogens is 313 g/mol. The second-order valence-electron chi connectivity index (χ2n) is 5.98. The predicted molar refractivity (Wildman–Crippen MR) is 82.3 cm³/mol. The summed E-state index contributed by atoms with van der Waals surface area (Å²) in [5, 5.41) is 11.2. The van der Waals surface area contributed by atoms with Crippen LogP contribution in [0.3, 0.4) is 0 Å². The number of nitro groups is 1. The number of nitrogens with zero attached hydrogens (tertiary/aromatic N) is 1. The molecule has 0 bridgehead atoms. The molecule has 2 saturated carbocycles. The van der Waals surface area contributed by atoms with E-state index in [9.17, 15) is 10.1 Å². The average molecular weight is 330 g/mol. The first-order valence-corrected chi connectivity index (χ1v) is 8.09. The smallest absolute Gasteiger partial charge is 0.271 e. The predicted octanol–water partition coefficient (Wildman–Crippen LogP) is 4.96. The third kappa shape index (κ3) is 2.59. The summed E-state index contributed by atoms with van der Waals surface area (Å²) in [5.74, 6) is 0.515. The molecule has 0 aromatic heterocycles. The quantitative estimate of drug-likeness (QED) is 0.447. The summed E-state index contributed by atoms with van der Waals surface area (Å²) in [6, 6.07) is 4.34. The van der Waals surface area contributed by atoms with E-state index in [2.05, 4.69) is 0 Å². The van der Waals surface area contributed by atoms with Crippen molar-refractivity contribution >= 4 is 28.9 Å². The van der Waals surface area contributed by atoms with E-state index in [0.717, 1.165) is 19.3 Å². The Labute approximate surface area is 133 Å². The lowest BCUT2D eigenvalue weighted by Gasteiger charge is -2.55. The number of hydrogen-bond donors (Lipinski definition) is 0. The fraction of sp³-hybridized carbons (Fsp3) is 0.600. The highest BCUT2D eigenvalue weighted by Gasteiger charge is 2.56. The van der Waals surface area contributed by atoms with E-state index in [0.29, 0.717) is 5.75 Å². The highest BCUT2D eigenvalue weighted by molar-refractivity contribution is 6.32. The molecule has 2 aliphatic carbocycles. The van der Waals surface area contributed by atoms with Gasteiger partial charge in [-0.2, -0.15) is 0 Å². The Kier molecular flexibility index (Phi) is 4.02. The van der Waals surface area contributed by atoms with Gasteiger partial charge in [0.1, 0.15) is 11.9 Å². The van der Waals surface area contributed by atoms with E-state index >= 15 is 0 Å². The van der Waals surface area contributed by atoms with Crippen molar-refractivity contribution in [2.75, 3.05) is 0 Å². The lowest BCUT2D eigenvalue weighted by Crippen LogP contribution is -2.58. The largest absolute Gasteiger partial charge is 0.488 e. The van der Waals surface area contributed by atoms with Gasteiger partial charge >= 0.3 is 0 Å². The highest BCUT2D eigenvalue weighted by Crippen LogP contribution is 2.56. The van der Waals surface area contributed by atoms with E-state index in [1.54, 1.807) is 6.07 Å². The fourth-order valence-corrected chi connectivity index (χ4v) is 4.30. The average Bonchev–Trinajstić information content (AvgIpc) is 2.49. The van der Waals surface area contributed by atoms with Gasteiger partial charge in [0, 0.05) is 29.3 Å². The second kappa shape index (κ2) is 5.65. The number of benzene rings is 1. The first-order chi connectivity index (χ1) is 10.0. The van der Waals surface area contributed by atoms with Crippen LogP contribution in [0.5, 0.6) is 5.75 Å². The summed E-state index contributed by atoms with van der Waals surface area (Å²) in [6.07, 6.45) is 6.71. The van der Waals surface area contributed by atoms with Gasteiger partial charge in [0.05, 0.1) is 9.95 Å². The molecule has 1 spiro atoms. The summed E-state index contributed by atoms with van der Waals surface area (Å²) in [6.45, 7) is 0. The van der Waals surface area contributed by atoms with Crippen molar-refractivity contribution in [1.82, 2.24) is 0 Å². The van der Waals surface area contributed by atoms with Crippen LogP contribution in [-0.4, -0.2) is 16.4 Å². The third-order valence-electron chi connectivity index (χ3n) is 4.87. The molecule has 0 saturated heterocycles. The van der Waals surface area contributed by atoms with Crippen molar-refractivity contribution in [3.05, 3.63) is 33.3 Å². The lowest BCUT2D eigenvalue weighted by atomic mass is 9.58. The van der Waals surface area contributed by atoms with Gasteiger partial charge in [-0.15, -0.1) is 11.6 Å². The number of non-ortho nitro benzene ring substituents is 1. The minimum atomic E-state index is -0.462. The van der Waals surface area contributed by atoms with E-state index in [-0.39, 0.29) is 27.6 Å². The van der Waals surface area contributed by atoms with Gasteiger partial charge < -0.3 is 4.74 Å². The molecule has 1 aromatic carbocycles. The highest BCUT2D eigenvalue weighted by atomic mass is 35.5. The zero-order chi connectivity index (χ0) is 15.0. The SMILES string of the molecule is O=[N+]([O-])c1ccc(OC2CC(Cl)C23CCCCC3)c(Cl)c1. The molecule has 2 atom stereocenters. The molecule has 0 radical (unpaired) electrons. The Morgan fingerprint density at radius 1 is 1.29 bits per heavy atom. The van der Waals surface area contributed by atoms with Gasteiger partial charge in [0.25, 0.3) is 5.69 Å². The van der Waals surface area contributed by atoms with Gasteiger partial charge in [-0.1, -0.05) is 30.9 Å². The molecule has 21 heavy (non-hydrogen) atoms. The Hall–Kier alpha value is -1.00. The summed E-state index contributed by atoms with van der Waals surface area (Å²) in [7, 11) is 0. The zero-order valence-corrected chi connectivity index (χ0v) is 13.1. The normalized spacial score (nSPS) is 27.1.